The largest absolute Gasteiger partial charge is 0.450 e. The normalized spacial score (nSPS) is 22.9. The van der Waals surface area contributed by atoms with Crippen molar-refractivity contribution in [1.29, 1.82) is 0 Å². The van der Waals surface area contributed by atoms with Crippen LogP contribution in [0.15, 0.2) is 4.99 Å². The first-order valence-corrected chi connectivity index (χ1v) is 11.5. The summed E-state index contributed by atoms with van der Waals surface area (Å²) in [6.07, 6.45) is 4.54. The third-order valence-corrected chi connectivity index (χ3v) is 6.93. The molecule has 10 heteroatoms. The van der Waals surface area contributed by atoms with Gasteiger partial charge in [-0.3, -0.25) is 4.79 Å². The summed E-state index contributed by atoms with van der Waals surface area (Å²) in [6, 6.07) is 0.426. The number of carbonyl (C=O) groups excluding carboxylic acids is 2. The highest BCUT2D eigenvalue weighted by atomic mass is 127. The summed E-state index contributed by atoms with van der Waals surface area (Å²) in [5.74, 6) is 0.620. The molecule has 1 saturated heterocycles. The van der Waals surface area contributed by atoms with Crippen LogP contribution in [0.3, 0.4) is 0 Å². The van der Waals surface area contributed by atoms with Gasteiger partial charge in [-0.1, -0.05) is 13.8 Å². The molecule has 32 heavy (non-hydrogen) atoms. The lowest BCUT2D eigenvalue weighted by molar-refractivity contribution is -0.127. The van der Waals surface area contributed by atoms with Crippen LogP contribution in [0, 0.1) is 5.41 Å². The molecule has 2 unspecified atom stereocenters. The Labute approximate surface area is 210 Å². The van der Waals surface area contributed by atoms with E-state index in [1.54, 1.807) is 31.0 Å². The number of nitrogens with one attached hydrogen (secondary N) is 2. The van der Waals surface area contributed by atoms with Crippen molar-refractivity contribution in [3.8, 4) is 0 Å². The maximum atomic E-state index is 12.1. The number of piperidine rings is 1. The summed E-state index contributed by atoms with van der Waals surface area (Å²) in [5.41, 5.74) is 0.0655. The molecule has 0 aromatic heterocycles. The Morgan fingerprint density at radius 1 is 1.12 bits per heavy atom. The van der Waals surface area contributed by atoms with Crippen LogP contribution in [0.5, 0.6) is 0 Å². The molecule has 1 heterocycles. The third kappa shape index (κ3) is 6.85. The monoisotopic (exact) mass is 567 g/mol. The number of hydrogen-bond acceptors (Lipinski definition) is 5. The Morgan fingerprint density at radius 3 is 2.25 bits per heavy atom. The van der Waals surface area contributed by atoms with Gasteiger partial charge in [0, 0.05) is 51.8 Å². The van der Waals surface area contributed by atoms with Gasteiger partial charge >= 0.3 is 6.09 Å². The summed E-state index contributed by atoms with van der Waals surface area (Å²) < 4.78 is 10.8. The molecule has 1 aliphatic carbocycles. The Hall–Kier alpha value is -1.30. The van der Waals surface area contributed by atoms with E-state index in [-0.39, 0.29) is 66.1 Å². The number of guanidine groups is 1. The zero-order chi connectivity index (χ0) is 23.0. The van der Waals surface area contributed by atoms with Gasteiger partial charge in [0.15, 0.2) is 5.96 Å². The molecule has 1 aliphatic heterocycles. The molecule has 0 aromatic rings. The minimum Gasteiger partial charge on any atom is -0.450 e. The summed E-state index contributed by atoms with van der Waals surface area (Å²) in [4.78, 5) is 31.9. The predicted molar refractivity (Wildman–Crippen MR) is 137 cm³/mol. The van der Waals surface area contributed by atoms with Gasteiger partial charge in [-0.05, 0) is 39.0 Å². The Kier molecular flexibility index (Phi) is 12.0. The molecule has 2 N–H and O–H groups in total. The molecular formula is C22H42IN5O4. The zero-order valence-corrected chi connectivity index (χ0v) is 22.8. The lowest BCUT2D eigenvalue weighted by Gasteiger charge is -2.55. The van der Waals surface area contributed by atoms with Gasteiger partial charge in [0.05, 0.1) is 12.7 Å². The van der Waals surface area contributed by atoms with Crippen LogP contribution in [0.25, 0.3) is 0 Å². The fourth-order valence-electron chi connectivity index (χ4n) is 4.68. The Balaban J connectivity index is 0.00000512. The van der Waals surface area contributed by atoms with Gasteiger partial charge < -0.3 is 29.9 Å². The van der Waals surface area contributed by atoms with Crippen molar-refractivity contribution in [2.75, 3.05) is 47.4 Å². The summed E-state index contributed by atoms with van der Waals surface area (Å²) in [6.45, 7) is 7.99. The van der Waals surface area contributed by atoms with Gasteiger partial charge in [0.25, 0.3) is 0 Å². The second-order valence-electron chi connectivity index (χ2n) is 8.65. The van der Waals surface area contributed by atoms with Gasteiger partial charge in [-0.25, -0.2) is 9.79 Å². The minimum atomic E-state index is -0.250. The number of hydrogen-bond donors (Lipinski definition) is 2. The van der Waals surface area contributed by atoms with E-state index in [0.29, 0.717) is 25.7 Å². The maximum Gasteiger partial charge on any atom is 0.409 e. The predicted octanol–water partition coefficient (Wildman–Crippen LogP) is 2.44. The van der Waals surface area contributed by atoms with Crippen molar-refractivity contribution in [2.24, 2.45) is 10.4 Å². The highest BCUT2D eigenvalue weighted by Crippen LogP contribution is 2.48. The molecule has 2 rings (SSSR count). The van der Waals surface area contributed by atoms with E-state index in [0.717, 1.165) is 32.1 Å². The number of rotatable bonds is 8. The first-order chi connectivity index (χ1) is 14.8. The van der Waals surface area contributed by atoms with E-state index in [4.69, 9.17) is 9.47 Å². The van der Waals surface area contributed by atoms with Gasteiger partial charge in [-0.2, -0.15) is 0 Å². The van der Waals surface area contributed by atoms with E-state index in [9.17, 15) is 9.59 Å². The van der Waals surface area contributed by atoms with Crippen molar-refractivity contribution in [1.82, 2.24) is 20.4 Å². The van der Waals surface area contributed by atoms with Gasteiger partial charge in [0.1, 0.15) is 6.54 Å². The van der Waals surface area contributed by atoms with Crippen LogP contribution in [0.2, 0.25) is 0 Å². The number of carbonyl (C=O) groups is 2. The molecule has 0 aromatic carbocycles. The van der Waals surface area contributed by atoms with Crippen LogP contribution >= 0.6 is 24.0 Å². The third-order valence-electron chi connectivity index (χ3n) is 6.93. The molecular weight excluding hydrogens is 525 g/mol. The van der Waals surface area contributed by atoms with Crippen molar-refractivity contribution < 1.29 is 19.1 Å². The maximum absolute atomic E-state index is 12.1. The van der Waals surface area contributed by atoms with Crippen molar-refractivity contribution >= 4 is 41.9 Å². The van der Waals surface area contributed by atoms with Crippen molar-refractivity contribution in [3.63, 3.8) is 0 Å². The standard InChI is InChI=1S/C22H41N5O4.HI/c1-7-22(8-2)17(14-18(22)30-6)25-20(23-15-19(28)26(4)5)24-16-10-12-27(13-11-16)21(29)31-9-3;/h16-18H,7-15H2,1-6H3,(H2,23,24,25);1H. The van der Waals surface area contributed by atoms with Crippen LogP contribution in [0.1, 0.15) is 52.9 Å². The fourth-order valence-corrected chi connectivity index (χ4v) is 4.68. The van der Waals surface area contributed by atoms with Crippen molar-refractivity contribution in [2.45, 2.75) is 71.1 Å². The molecule has 1 saturated carbocycles. The SMILES string of the molecule is CCOC(=O)N1CCC(NC(=NCC(=O)N(C)C)NC2CC(OC)C2(CC)CC)CC1.I. The molecule has 2 amide bonds. The average Bonchev–Trinajstić information content (AvgIpc) is 2.75. The minimum absolute atomic E-state index is 0. The fraction of sp³-hybridized carbons (Fsp3) is 0.864. The van der Waals surface area contributed by atoms with Crippen LogP contribution in [-0.2, 0) is 14.3 Å². The zero-order valence-electron chi connectivity index (χ0n) is 20.5. The number of likely N-dealkylation sites (tertiary alicyclic amines) is 1. The lowest BCUT2D eigenvalue weighted by Crippen LogP contribution is -2.66. The second-order valence-corrected chi connectivity index (χ2v) is 8.65. The summed E-state index contributed by atoms with van der Waals surface area (Å²) in [7, 11) is 5.25. The number of likely N-dealkylation sites (N-methyl/N-ethyl adjacent to an activating group) is 1. The molecule has 9 nitrogen and oxygen atoms in total. The van der Waals surface area contributed by atoms with Gasteiger partial charge in [0.2, 0.25) is 5.91 Å². The van der Waals surface area contributed by atoms with E-state index in [2.05, 4.69) is 29.5 Å². The highest BCUT2D eigenvalue weighted by Gasteiger charge is 2.53. The van der Waals surface area contributed by atoms with Crippen LogP contribution in [0.4, 0.5) is 4.79 Å². The lowest BCUT2D eigenvalue weighted by atomic mass is 9.58. The highest BCUT2D eigenvalue weighted by molar-refractivity contribution is 14.0. The number of amides is 2. The summed E-state index contributed by atoms with van der Waals surface area (Å²) in [5, 5.41) is 7.10. The summed E-state index contributed by atoms with van der Waals surface area (Å²) >= 11 is 0. The molecule has 186 valence electrons. The molecule has 2 aliphatic rings. The first-order valence-electron chi connectivity index (χ1n) is 11.5. The molecule has 2 atom stereocenters. The van der Waals surface area contributed by atoms with Crippen molar-refractivity contribution in [3.05, 3.63) is 0 Å². The Morgan fingerprint density at radius 2 is 1.75 bits per heavy atom. The molecule has 0 bridgehead atoms. The quantitative estimate of drug-likeness (QED) is 0.266. The average molecular weight is 568 g/mol. The van der Waals surface area contributed by atoms with E-state index >= 15 is 0 Å². The molecule has 2 fully saturated rings. The number of aliphatic imine (C=N–C) groups is 1. The molecule has 0 radical (unpaired) electrons. The number of methoxy groups -OCH3 is 1. The second kappa shape index (κ2) is 13.4. The van der Waals surface area contributed by atoms with E-state index in [1.807, 2.05) is 6.92 Å². The number of nitrogens with zero attached hydrogens (tertiary/aromatic N) is 3. The smallest absolute Gasteiger partial charge is 0.409 e. The topological polar surface area (TPSA) is 95.5 Å². The van der Waals surface area contributed by atoms with Crippen LogP contribution < -0.4 is 10.6 Å². The number of halogens is 1. The van der Waals surface area contributed by atoms with Crippen LogP contribution in [-0.4, -0.2) is 93.4 Å². The van der Waals surface area contributed by atoms with E-state index in [1.165, 1.54) is 0 Å². The number of ether oxygens (including phenoxy) is 2. The van der Waals surface area contributed by atoms with Gasteiger partial charge in [-0.15, -0.1) is 24.0 Å². The molecule has 0 spiro atoms. The first kappa shape index (κ1) is 28.7. The Bertz CT molecular complexity index is 634. The van der Waals surface area contributed by atoms with E-state index < -0.39 is 0 Å².